The molecule has 0 saturated carbocycles. The van der Waals surface area contributed by atoms with Crippen molar-refractivity contribution in [2.45, 2.75) is 6.10 Å². The number of benzene rings is 3. The number of hydrogen-bond acceptors (Lipinski definition) is 7. The number of hydrazone groups is 1. The van der Waals surface area contributed by atoms with E-state index in [-0.39, 0.29) is 11.4 Å². The van der Waals surface area contributed by atoms with Gasteiger partial charge in [0.1, 0.15) is 17.5 Å². The van der Waals surface area contributed by atoms with Crippen molar-refractivity contribution < 1.29 is 15.0 Å². The van der Waals surface area contributed by atoms with Crippen molar-refractivity contribution in [3.05, 3.63) is 110 Å². The second-order valence-electron chi connectivity index (χ2n) is 6.00. The van der Waals surface area contributed by atoms with Crippen molar-refractivity contribution in [1.29, 1.82) is 0 Å². The maximum Gasteiger partial charge on any atom is 0.301 e. The molecule has 9 nitrogen and oxygen atoms in total. The Hall–Kier alpha value is -4.11. The van der Waals surface area contributed by atoms with E-state index >= 15 is 0 Å². The normalized spacial score (nSPS) is 12.2. The number of anilines is 1. The van der Waals surface area contributed by atoms with Crippen LogP contribution in [0.2, 0.25) is 0 Å². The first-order valence-electron chi connectivity index (χ1n) is 8.52. The second-order valence-corrected chi connectivity index (χ2v) is 6.00. The molecule has 0 unspecified atom stereocenters. The van der Waals surface area contributed by atoms with Crippen molar-refractivity contribution in [2.24, 2.45) is 5.10 Å². The molecule has 0 aliphatic heterocycles. The molecule has 0 aliphatic rings. The molecule has 0 aliphatic carbocycles. The Bertz CT molecular complexity index is 1050. The fourth-order valence-corrected chi connectivity index (χ4v) is 2.69. The summed E-state index contributed by atoms with van der Waals surface area (Å²) < 4.78 is 0. The quantitative estimate of drug-likeness (QED) is 0.354. The molecule has 0 radical (unpaired) electrons. The average Bonchev–Trinajstić information content (AvgIpc) is 2.75. The van der Waals surface area contributed by atoms with Crippen molar-refractivity contribution in [3.8, 4) is 0 Å². The summed E-state index contributed by atoms with van der Waals surface area (Å²) in [5, 5.41) is 37.2. The predicted molar refractivity (Wildman–Crippen MR) is 108 cm³/mol. The van der Waals surface area contributed by atoms with Gasteiger partial charge in [0.15, 0.2) is 0 Å². The van der Waals surface area contributed by atoms with Crippen LogP contribution in [0.5, 0.6) is 0 Å². The van der Waals surface area contributed by atoms with Crippen LogP contribution in [0.1, 0.15) is 17.2 Å². The number of nitrogens with zero attached hydrogens (tertiary/aromatic N) is 3. The highest BCUT2D eigenvalue weighted by Crippen LogP contribution is 2.29. The van der Waals surface area contributed by atoms with Crippen LogP contribution in [-0.4, -0.2) is 20.7 Å². The largest absolute Gasteiger partial charge is 0.382 e. The zero-order valence-corrected chi connectivity index (χ0v) is 15.0. The molecule has 0 aromatic heterocycles. The summed E-state index contributed by atoms with van der Waals surface area (Å²) in [6.07, 6.45) is -1.09. The first-order chi connectivity index (χ1) is 14.0. The summed E-state index contributed by atoms with van der Waals surface area (Å²) in [6, 6.07) is 20.9. The standard InChI is InChI=1S/C20H16N4O5/c25-20(15-9-5-2-6-10-15)19(14-7-3-1-4-8-14)22-21-17-12-11-16(23(26)27)13-18(17)24(28)29/h1-13,20-21,25H/b22-19+/t20-/m1/s1. The number of aliphatic hydroxyl groups excluding tert-OH is 1. The topological polar surface area (TPSA) is 131 Å². The predicted octanol–water partition coefficient (Wildman–Crippen LogP) is 4.05. The van der Waals surface area contributed by atoms with Crippen molar-refractivity contribution in [2.75, 3.05) is 5.43 Å². The summed E-state index contributed by atoms with van der Waals surface area (Å²) in [7, 11) is 0. The Morgan fingerprint density at radius 1 is 0.897 bits per heavy atom. The third-order valence-corrected chi connectivity index (χ3v) is 4.13. The lowest BCUT2D eigenvalue weighted by molar-refractivity contribution is -0.393. The Kier molecular flexibility index (Phi) is 5.91. The van der Waals surface area contributed by atoms with E-state index in [0.29, 0.717) is 11.1 Å². The molecule has 3 aromatic rings. The van der Waals surface area contributed by atoms with Gasteiger partial charge in [-0.2, -0.15) is 5.10 Å². The van der Waals surface area contributed by atoms with Gasteiger partial charge in [-0.3, -0.25) is 25.7 Å². The minimum atomic E-state index is -1.09. The van der Waals surface area contributed by atoms with Crippen LogP contribution >= 0.6 is 0 Å². The van der Waals surface area contributed by atoms with Gasteiger partial charge in [-0.05, 0) is 11.6 Å². The van der Waals surface area contributed by atoms with Crippen LogP contribution in [0.15, 0.2) is 84.0 Å². The monoisotopic (exact) mass is 392 g/mol. The minimum absolute atomic E-state index is 0.0331. The number of aliphatic hydroxyl groups is 1. The van der Waals surface area contributed by atoms with Crippen molar-refractivity contribution in [1.82, 2.24) is 0 Å². The maximum absolute atomic E-state index is 11.3. The van der Waals surface area contributed by atoms with Crippen LogP contribution in [-0.2, 0) is 0 Å². The lowest BCUT2D eigenvalue weighted by Crippen LogP contribution is -2.15. The SMILES string of the molecule is O=[N+]([O-])c1ccc(N/N=C(\c2ccccc2)[C@H](O)c2ccccc2)c([N+](=O)[O-])c1. The van der Waals surface area contributed by atoms with E-state index in [1.807, 2.05) is 12.1 Å². The molecule has 2 N–H and O–H groups in total. The van der Waals surface area contributed by atoms with Crippen LogP contribution in [0, 0.1) is 20.2 Å². The molecule has 146 valence electrons. The van der Waals surface area contributed by atoms with E-state index in [0.717, 1.165) is 12.1 Å². The fraction of sp³-hybridized carbons (Fsp3) is 0.0500. The van der Waals surface area contributed by atoms with Gasteiger partial charge in [-0.1, -0.05) is 60.7 Å². The summed E-state index contributed by atoms with van der Waals surface area (Å²) in [5.41, 5.74) is 3.09. The molecule has 0 saturated heterocycles. The van der Waals surface area contributed by atoms with Crippen molar-refractivity contribution in [3.63, 3.8) is 0 Å². The lowest BCUT2D eigenvalue weighted by atomic mass is 9.99. The summed E-state index contributed by atoms with van der Waals surface area (Å²) in [5.74, 6) is 0. The number of nitro benzene ring substituents is 2. The second kappa shape index (κ2) is 8.72. The molecular formula is C20H16N4O5. The molecule has 3 aromatic carbocycles. The van der Waals surface area contributed by atoms with Gasteiger partial charge in [0.05, 0.1) is 15.9 Å². The minimum Gasteiger partial charge on any atom is -0.382 e. The van der Waals surface area contributed by atoms with E-state index in [4.69, 9.17) is 0 Å². The Labute approximate surface area is 165 Å². The molecule has 9 heteroatoms. The number of nitro groups is 2. The molecule has 0 bridgehead atoms. The van der Waals surface area contributed by atoms with Gasteiger partial charge in [-0.25, -0.2) is 0 Å². The van der Waals surface area contributed by atoms with E-state index in [2.05, 4.69) is 10.5 Å². The van der Waals surface area contributed by atoms with Crippen LogP contribution in [0.25, 0.3) is 0 Å². The van der Waals surface area contributed by atoms with E-state index < -0.39 is 27.3 Å². The third kappa shape index (κ3) is 4.60. The smallest absolute Gasteiger partial charge is 0.301 e. The molecule has 0 amide bonds. The zero-order chi connectivity index (χ0) is 20.8. The Morgan fingerprint density at radius 3 is 2.10 bits per heavy atom. The van der Waals surface area contributed by atoms with E-state index in [1.54, 1.807) is 48.5 Å². The highest BCUT2D eigenvalue weighted by Gasteiger charge is 2.21. The number of rotatable bonds is 7. The number of hydrogen-bond donors (Lipinski definition) is 2. The highest BCUT2D eigenvalue weighted by molar-refractivity contribution is 6.04. The highest BCUT2D eigenvalue weighted by atomic mass is 16.6. The fourth-order valence-electron chi connectivity index (χ4n) is 2.69. The van der Waals surface area contributed by atoms with E-state index in [9.17, 15) is 25.3 Å². The van der Waals surface area contributed by atoms with Crippen LogP contribution < -0.4 is 5.43 Å². The summed E-state index contributed by atoms with van der Waals surface area (Å²) in [4.78, 5) is 20.7. The Morgan fingerprint density at radius 2 is 1.52 bits per heavy atom. The molecule has 0 fully saturated rings. The zero-order valence-electron chi connectivity index (χ0n) is 15.0. The summed E-state index contributed by atoms with van der Waals surface area (Å²) >= 11 is 0. The van der Waals surface area contributed by atoms with Gasteiger partial charge in [0.25, 0.3) is 5.69 Å². The maximum atomic E-state index is 11.3. The Balaban J connectivity index is 2.01. The van der Waals surface area contributed by atoms with Gasteiger partial charge < -0.3 is 5.11 Å². The molecule has 1 atom stereocenters. The molecule has 0 heterocycles. The molecule has 3 rings (SSSR count). The van der Waals surface area contributed by atoms with Gasteiger partial charge in [0.2, 0.25) is 0 Å². The average molecular weight is 392 g/mol. The van der Waals surface area contributed by atoms with Crippen LogP contribution in [0.3, 0.4) is 0 Å². The lowest BCUT2D eigenvalue weighted by Gasteiger charge is -2.15. The number of nitrogens with one attached hydrogen (secondary N) is 1. The van der Waals surface area contributed by atoms with Gasteiger partial charge >= 0.3 is 5.69 Å². The molecular weight excluding hydrogens is 376 g/mol. The number of non-ortho nitro benzene ring substituents is 1. The van der Waals surface area contributed by atoms with Gasteiger partial charge in [-0.15, -0.1) is 0 Å². The third-order valence-electron chi connectivity index (χ3n) is 4.13. The van der Waals surface area contributed by atoms with Crippen LogP contribution in [0.4, 0.5) is 17.1 Å². The van der Waals surface area contributed by atoms with Crippen molar-refractivity contribution >= 4 is 22.8 Å². The molecule has 0 spiro atoms. The first kappa shape index (κ1) is 19.6. The van der Waals surface area contributed by atoms with Gasteiger partial charge in [0, 0.05) is 11.6 Å². The molecule has 29 heavy (non-hydrogen) atoms. The van der Waals surface area contributed by atoms with E-state index in [1.165, 1.54) is 6.07 Å². The summed E-state index contributed by atoms with van der Waals surface area (Å²) in [6.45, 7) is 0. The first-order valence-corrected chi connectivity index (χ1v) is 8.52.